The molecular weight excluding hydrogens is 262 g/mol. The fourth-order valence-electron chi connectivity index (χ4n) is 2.02. The van der Waals surface area contributed by atoms with Crippen LogP contribution in [0.25, 0.3) is 0 Å². The van der Waals surface area contributed by atoms with Gasteiger partial charge in [0.2, 0.25) is 5.91 Å². The van der Waals surface area contributed by atoms with Crippen molar-refractivity contribution in [1.29, 1.82) is 0 Å². The number of nitrogens with zero attached hydrogens (tertiary/aromatic N) is 1. The molecule has 7 nitrogen and oxygen atoms in total. The van der Waals surface area contributed by atoms with Crippen molar-refractivity contribution in [3.63, 3.8) is 0 Å². The third-order valence-corrected chi connectivity index (χ3v) is 3.19. The summed E-state index contributed by atoms with van der Waals surface area (Å²) in [6, 6.07) is -0.233. The van der Waals surface area contributed by atoms with Crippen molar-refractivity contribution < 1.29 is 19.5 Å². The molecule has 0 radical (unpaired) electrons. The summed E-state index contributed by atoms with van der Waals surface area (Å²) < 4.78 is 0. The largest absolute Gasteiger partial charge is 0.481 e. The first-order chi connectivity index (χ1) is 9.43. The van der Waals surface area contributed by atoms with Crippen molar-refractivity contribution in [1.82, 2.24) is 15.5 Å². The third kappa shape index (κ3) is 4.56. The first-order valence-electron chi connectivity index (χ1n) is 6.54. The van der Waals surface area contributed by atoms with Gasteiger partial charge in [-0.15, -0.1) is 0 Å². The first kappa shape index (κ1) is 16.0. The van der Waals surface area contributed by atoms with Gasteiger partial charge in [0.05, 0.1) is 11.8 Å². The van der Waals surface area contributed by atoms with Gasteiger partial charge in [-0.3, -0.25) is 9.59 Å². The summed E-state index contributed by atoms with van der Waals surface area (Å²) in [7, 11) is 3.25. The molecule has 20 heavy (non-hydrogen) atoms. The van der Waals surface area contributed by atoms with E-state index in [2.05, 4.69) is 10.6 Å². The van der Waals surface area contributed by atoms with Crippen LogP contribution in [-0.2, 0) is 9.59 Å². The van der Waals surface area contributed by atoms with Gasteiger partial charge in [0, 0.05) is 27.2 Å². The third-order valence-electron chi connectivity index (χ3n) is 3.19. The van der Waals surface area contributed by atoms with Gasteiger partial charge in [-0.1, -0.05) is 12.2 Å². The molecule has 0 aliphatic heterocycles. The van der Waals surface area contributed by atoms with Crippen molar-refractivity contribution >= 4 is 17.9 Å². The number of aliphatic carboxylic acids is 1. The molecule has 0 fully saturated rings. The van der Waals surface area contributed by atoms with Crippen molar-refractivity contribution in [2.45, 2.75) is 12.8 Å². The Morgan fingerprint density at radius 2 is 1.65 bits per heavy atom. The molecule has 0 bridgehead atoms. The Labute approximate surface area is 118 Å². The molecule has 0 aromatic rings. The minimum absolute atomic E-state index is 0.233. The van der Waals surface area contributed by atoms with Crippen LogP contribution in [0.5, 0.6) is 0 Å². The van der Waals surface area contributed by atoms with Crippen molar-refractivity contribution in [2.24, 2.45) is 11.8 Å². The summed E-state index contributed by atoms with van der Waals surface area (Å²) in [5, 5.41) is 14.4. The Morgan fingerprint density at radius 3 is 2.20 bits per heavy atom. The van der Waals surface area contributed by atoms with Crippen molar-refractivity contribution in [3.8, 4) is 0 Å². The molecule has 2 atom stereocenters. The lowest BCUT2D eigenvalue weighted by Gasteiger charge is -2.24. The molecule has 0 heterocycles. The Bertz CT molecular complexity index is 406. The summed E-state index contributed by atoms with van der Waals surface area (Å²) in [5.74, 6) is -2.44. The second kappa shape index (κ2) is 7.52. The van der Waals surface area contributed by atoms with Gasteiger partial charge in [-0.2, -0.15) is 0 Å². The standard InChI is InChI=1S/C13H21N3O4/c1-16(2)13(20)15-8-7-14-11(17)9-5-3-4-6-10(9)12(18)19/h3-4,9-10H,5-8H2,1-2H3,(H,14,17)(H,15,20)(H,18,19). The van der Waals surface area contributed by atoms with E-state index < -0.39 is 17.8 Å². The van der Waals surface area contributed by atoms with Crippen LogP contribution in [0.3, 0.4) is 0 Å². The van der Waals surface area contributed by atoms with Gasteiger partial charge < -0.3 is 20.6 Å². The maximum Gasteiger partial charge on any atom is 0.316 e. The number of urea groups is 1. The van der Waals surface area contributed by atoms with Crippen LogP contribution >= 0.6 is 0 Å². The van der Waals surface area contributed by atoms with Crippen LogP contribution in [0.2, 0.25) is 0 Å². The normalized spacial score (nSPS) is 21.1. The number of amides is 3. The molecule has 3 amide bonds. The molecule has 7 heteroatoms. The number of carbonyl (C=O) groups excluding carboxylic acids is 2. The van der Waals surface area contributed by atoms with Gasteiger partial charge in [0.25, 0.3) is 0 Å². The van der Waals surface area contributed by atoms with Crippen molar-refractivity contribution in [2.75, 3.05) is 27.2 Å². The topological polar surface area (TPSA) is 98.7 Å². The lowest BCUT2D eigenvalue weighted by molar-refractivity contribution is -0.147. The highest BCUT2D eigenvalue weighted by molar-refractivity contribution is 5.85. The average Bonchev–Trinajstić information content (AvgIpc) is 2.42. The average molecular weight is 283 g/mol. The van der Waals surface area contributed by atoms with E-state index in [4.69, 9.17) is 5.11 Å². The highest BCUT2D eigenvalue weighted by atomic mass is 16.4. The molecule has 1 rings (SSSR count). The molecule has 3 N–H and O–H groups in total. The molecule has 112 valence electrons. The Kier molecular flexibility index (Phi) is 6.02. The van der Waals surface area contributed by atoms with E-state index in [0.29, 0.717) is 19.4 Å². The molecule has 0 aromatic carbocycles. The van der Waals surface area contributed by atoms with Gasteiger partial charge in [0.15, 0.2) is 0 Å². The lowest BCUT2D eigenvalue weighted by atomic mass is 9.82. The number of carboxylic acids is 1. The van der Waals surface area contributed by atoms with E-state index in [1.807, 2.05) is 6.08 Å². The number of carbonyl (C=O) groups is 3. The van der Waals surface area contributed by atoms with Crippen LogP contribution in [0.4, 0.5) is 4.79 Å². The quantitative estimate of drug-likeness (QED) is 0.490. The van der Waals surface area contributed by atoms with E-state index in [0.717, 1.165) is 0 Å². The lowest BCUT2D eigenvalue weighted by Crippen LogP contribution is -2.43. The number of nitrogens with one attached hydrogen (secondary N) is 2. The van der Waals surface area contributed by atoms with Crippen LogP contribution in [0.1, 0.15) is 12.8 Å². The van der Waals surface area contributed by atoms with Gasteiger partial charge >= 0.3 is 12.0 Å². The molecule has 1 aliphatic carbocycles. The maximum absolute atomic E-state index is 12.0. The predicted octanol–water partition coefficient (Wildman–Crippen LogP) is 0.0408. The van der Waals surface area contributed by atoms with E-state index in [9.17, 15) is 14.4 Å². The highest BCUT2D eigenvalue weighted by Crippen LogP contribution is 2.25. The second-order valence-corrected chi connectivity index (χ2v) is 4.91. The number of carboxylic acid groups (broad SMARTS) is 1. The van der Waals surface area contributed by atoms with Gasteiger partial charge in [-0.05, 0) is 12.8 Å². The number of hydrogen-bond acceptors (Lipinski definition) is 3. The first-order valence-corrected chi connectivity index (χ1v) is 6.54. The van der Waals surface area contributed by atoms with Crippen molar-refractivity contribution in [3.05, 3.63) is 12.2 Å². The minimum atomic E-state index is -0.949. The molecule has 0 saturated carbocycles. The monoisotopic (exact) mass is 283 g/mol. The Morgan fingerprint density at radius 1 is 1.10 bits per heavy atom. The zero-order valence-corrected chi connectivity index (χ0v) is 11.8. The maximum atomic E-state index is 12.0. The number of allylic oxidation sites excluding steroid dienone is 2. The summed E-state index contributed by atoms with van der Waals surface area (Å²) in [4.78, 5) is 35.7. The zero-order chi connectivity index (χ0) is 15.1. The van der Waals surface area contributed by atoms with Gasteiger partial charge in [0.1, 0.15) is 0 Å². The highest BCUT2D eigenvalue weighted by Gasteiger charge is 2.33. The second-order valence-electron chi connectivity index (χ2n) is 4.91. The van der Waals surface area contributed by atoms with Crippen LogP contribution < -0.4 is 10.6 Å². The SMILES string of the molecule is CN(C)C(=O)NCCNC(=O)C1CC=CCC1C(=O)O. The predicted molar refractivity (Wildman–Crippen MR) is 73.1 cm³/mol. The van der Waals surface area contributed by atoms with E-state index in [1.54, 1.807) is 20.2 Å². The molecule has 2 unspecified atom stereocenters. The fourth-order valence-corrected chi connectivity index (χ4v) is 2.02. The summed E-state index contributed by atoms with van der Waals surface area (Å²) >= 11 is 0. The van der Waals surface area contributed by atoms with E-state index >= 15 is 0 Å². The molecule has 0 spiro atoms. The molecule has 0 saturated heterocycles. The molecular formula is C13H21N3O4. The smallest absolute Gasteiger partial charge is 0.316 e. The number of hydrogen-bond donors (Lipinski definition) is 3. The van der Waals surface area contributed by atoms with Crippen LogP contribution in [0.15, 0.2) is 12.2 Å². The summed E-state index contributed by atoms with van der Waals surface area (Å²) in [6.45, 7) is 0.591. The van der Waals surface area contributed by atoms with Gasteiger partial charge in [-0.25, -0.2) is 4.79 Å². The van der Waals surface area contributed by atoms with Crippen LogP contribution in [0, 0.1) is 11.8 Å². The summed E-state index contributed by atoms with van der Waals surface area (Å²) in [6.07, 6.45) is 4.44. The number of rotatable bonds is 5. The fraction of sp³-hybridized carbons (Fsp3) is 0.615. The minimum Gasteiger partial charge on any atom is -0.481 e. The molecule has 1 aliphatic rings. The Balaban J connectivity index is 2.36. The Hall–Kier alpha value is -2.05. The zero-order valence-electron chi connectivity index (χ0n) is 11.8. The van der Waals surface area contributed by atoms with E-state index in [1.165, 1.54) is 4.90 Å². The molecule has 0 aromatic heterocycles. The summed E-state index contributed by atoms with van der Waals surface area (Å²) in [5.41, 5.74) is 0. The van der Waals surface area contributed by atoms with Crippen LogP contribution in [-0.4, -0.2) is 55.1 Å². The van der Waals surface area contributed by atoms with E-state index in [-0.39, 0.29) is 18.5 Å².